The quantitative estimate of drug-likeness (QED) is 0.453. The molecular weight excluding hydrogens is 464 g/mol. The van der Waals surface area contributed by atoms with Crippen LogP contribution in [0.15, 0.2) is 66.7 Å². The van der Waals surface area contributed by atoms with Crippen LogP contribution in [0.25, 0.3) is 0 Å². The van der Waals surface area contributed by atoms with Crippen LogP contribution in [0, 0.1) is 24.5 Å². The molecule has 0 bridgehead atoms. The molecule has 0 radical (unpaired) electrons. The summed E-state index contributed by atoms with van der Waals surface area (Å²) in [5.74, 6) is -2.83. The van der Waals surface area contributed by atoms with Crippen LogP contribution >= 0.6 is 0 Å². The Labute approximate surface area is 208 Å². The summed E-state index contributed by atoms with van der Waals surface area (Å²) >= 11 is 0. The van der Waals surface area contributed by atoms with Crippen LogP contribution < -0.4 is 10.6 Å². The fourth-order valence-corrected chi connectivity index (χ4v) is 4.36. The monoisotopic (exact) mass is 491 g/mol. The van der Waals surface area contributed by atoms with Gasteiger partial charge in [0.2, 0.25) is 5.91 Å². The molecular formula is C28H27F2N3O3. The lowest BCUT2D eigenvalue weighted by Crippen LogP contribution is -2.41. The first-order valence-electron chi connectivity index (χ1n) is 11.8. The van der Waals surface area contributed by atoms with E-state index in [2.05, 4.69) is 10.6 Å². The van der Waals surface area contributed by atoms with Gasteiger partial charge < -0.3 is 10.6 Å². The number of ketones is 1. The Kier molecular flexibility index (Phi) is 7.85. The second-order valence-corrected chi connectivity index (χ2v) is 8.96. The fraction of sp³-hybridized carbons (Fsp3) is 0.250. The number of carbonyl (C=O) groups is 3. The number of rotatable bonds is 7. The van der Waals surface area contributed by atoms with Gasteiger partial charge in [-0.3, -0.25) is 19.3 Å². The lowest BCUT2D eigenvalue weighted by molar-refractivity contribution is -0.117. The van der Waals surface area contributed by atoms with Crippen molar-refractivity contribution in [2.45, 2.75) is 19.8 Å². The number of hydrogen-bond acceptors (Lipinski definition) is 4. The van der Waals surface area contributed by atoms with Crippen molar-refractivity contribution in [3.63, 3.8) is 0 Å². The van der Waals surface area contributed by atoms with Crippen LogP contribution in [-0.2, 0) is 4.79 Å². The number of carbonyl (C=O) groups excluding carboxylic acids is 3. The predicted molar refractivity (Wildman–Crippen MR) is 134 cm³/mol. The summed E-state index contributed by atoms with van der Waals surface area (Å²) in [4.78, 5) is 40.1. The van der Waals surface area contributed by atoms with Gasteiger partial charge >= 0.3 is 0 Å². The van der Waals surface area contributed by atoms with E-state index in [9.17, 15) is 23.2 Å². The summed E-state index contributed by atoms with van der Waals surface area (Å²) in [6.07, 6.45) is 0.884. The Balaban J connectivity index is 1.32. The van der Waals surface area contributed by atoms with E-state index in [-0.39, 0.29) is 23.9 Å². The van der Waals surface area contributed by atoms with Gasteiger partial charge in [-0.1, -0.05) is 24.3 Å². The molecule has 1 aliphatic heterocycles. The minimum Gasteiger partial charge on any atom is -0.324 e. The highest BCUT2D eigenvalue weighted by Gasteiger charge is 2.28. The van der Waals surface area contributed by atoms with Crippen molar-refractivity contribution in [1.82, 2.24) is 4.90 Å². The number of piperidine rings is 1. The van der Waals surface area contributed by atoms with Gasteiger partial charge in [0, 0.05) is 11.6 Å². The SMILES string of the molecule is Cc1cccc(NC(=O)c2ccccc2NC(=O)CN2CCC(C(=O)c3cc(F)ccc3F)CC2)c1. The van der Waals surface area contributed by atoms with Crippen molar-refractivity contribution < 1.29 is 23.2 Å². The zero-order chi connectivity index (χ0) is 25.7. The third-order valence-electron chi connectivity index (χ3n) is 6.24. The summed E-state index contributed by atoms with van der Waals surface area (Å²) in [6, 6.07) is 17.1. The van der Waals surface area contributed by atoms with Crippen LogP contribution in [-0.4, -0.2) is 42.1 Å². The minimum atomic E-state index is -0.728. The first-order chi connectivity index (χ1) is 17.3. The summed E-state index contributed by atoms with van der Waals surface area (Å²) < 4.78 is 27.4. The number of nitrogens with zero attached hydrogens (tertiary/aromatic N) is 1. The number of Topliss-reactive ketones (excluding diaryl/α,β-unsaturated/α-hetero) is 1. The second kappa shape index (κ2) is 11.2. The second-order valence-electron chi connectivity index (χ2n) is 8.96. The number of likely N-dealkylation sites (tertiary alicyclic amines) is 1. The van der Waals surface area contributed by atoms with Crippen LogP contribution in [0.2, 0.25) is 0 Å². The number of hydrogen-bond donors (Lipinski definition) is 2. The zero-order valence-corrected chi connectivity index (χ0v) is 19.9. The van der Waals surface area contributed by atoms with Gasteiger partial charge in [0.05, 0.1) is 23.4 Å². The maximum absolute atomic E-state index is 14.0. The van der Waals surface area contributed by atoms with E-state index in [0.29, 0.717) is 42.9 Å². The molecule has 1 aliphatic rings. The van der Waals surface area contributed by atoms with Crippen molar-refractivity contribution in [2.75, 3.05) is 30.3 Å². The van der Waals surface area contributed by atoms with Crippen molar-refractivity contribution in [1.29, 1.82) is 0 Å². The first kappa shape index (κ1) is 25.2. The molecule has 3 aromatic carbocycles. The van der Waals surface area contributed by atoms with E-state index in [4.69, 9.17) is 0 Å². The molecule has 36 heavy (non-hydrogen) atoms. The Bertz CT molecular complexity index is 1290. The van der Waals surface area contributed by atoms with Gasteiger partial charge in [-0.2, -0.15) is 0 Å². The smallest absolute Gasteiger partial charge is 0.257 e. The molecule has 6 nitrogen and oxygen atoms in total. The molecule has 4 rings (SSSR count). The van der Waals surface area contributed by atoms with E-state index in [0.717, 1.165) is 23.8 Å². The molecule has 186 valence electrons. The maximum Gasteiger partial charge on any atom is 0.257 e. The normalized spacial score (nSPS) is 14.3. The number of halogens is 2. The number of nitrogens with one attached hydrogen (secondary N) is 2. The molecule has 3 aromatic rings. The van der Waals surface area contributed by atoms with Crippen LogP contribution in [0.4, 0.5) is 20.2 Å². The molecule has 1 fully saturated rings. The van der Waals surface area contributed by atoms with Crippen molar-refractivity contribution in [3.05, 3.63) is 95.1 Å². The molecule has 2 N–H and O–H groups in total. The molecule has 0 saturated carbocycles. The minimum absolute atomic E-state index is 0.0864. The first-order valence-corrected chi connectivity index (χ1v) is 11.8. The largest absolute Gasteiger partial charge is 0.324 e. The van der Waals surface area contributed by atoms with Gasteiger partial charge in [0.25, 0.3) is 5.91 Å². The average Bonchev–Trinajstić information content (AvgIpc) is 2.86. The van der Waals surface area contributed by atoms with E-state index in [1.165, 1.54) is 0 Å². The number of anilines is 2. The fourth-order valence-electron chi connectivity index (χ4n) is 4.36. The van der Waals surface area contributed by atoms with Gasteiger partial charge in [0.1, 0.15) is 11.6 Å². The van der Waals surface area contributed by atoms with E-state index < -0.39 is 23.3 Å². The van der Waals surface area contributed by atoms with Gasteiger partial charge in [-0.05, 0) is 80.9 Å². The Morgan fingerprint density at radius 1 is 0.889 bits per heavy atom. The molecule has 1 saturated heterocycles. The van der Waals surface area contributed by atoms with Gasteiger partial charge in [0.15, 0.2) is 5.78 Å². The highest BCUT2D eigenvalue weighted by Crippen LogP contribution is 2.24. The van der Waals surface area contributed by atoms with Gasteiger partial charge in [-0.15, -0.1) is 0 Å². The van der Waals surface area contributed by atoms with Crippen molar-refractivity contribution >= 4 is 29.0 Å². The summed E-state index contributed by atoms with van der Waals surface area (Å²) in [7, 11) is 0. The number of benzene rings is 3. The number of amides is 2. The highest BCUT2D eigenvalue weighted by atomic mass is 19.1. The molecule has 0 spiro atoms. The highest BCUT2D eigenvalue weighted by molar-refractivity contribution is 6.10. The molecule has 1 heterocycles. The molecule has 8 heteroatoms. The number of para-hydroxylation sites is 1. The molecule has 0 atom stereocenters. The third kappa shape index (κ3) is 6.20. The van der Waals surface area contributed by atoms with Gasteiger partial charge in [-0.25, -0.2) is 8.78 Å². The topological polar surface area (TPSA) is 78.5 Å². The lowest BCUT2D eigenvalue weighted by Gasteiger charge is -2.30. The molecule has 2 amide bonds. The summed E-state index contributed by atoms with van der Waals surface area (Å²) in [5, 5.41) is 5.66. The maximum atomic E-state index is 14.0. The molecule has 0 unspecified atom stereocenters. The zero-order valence-electron chi connectivity index (χ0n) is 19.9. The Morgan fingerprint density at radius 2 is 1.64 bits per heavy atom. The van der Waals surface area contributed by atoms with E-state index in [1.807, 2.05) is 30.0 Å². The van der Waals surface area contributed by atoms with E-state index >= 15 is 0 Å². The lowest BCUT2D eigenvalue weighted by atomic mass is 9.88. The summed E-state index contributed by atoms with van der Waals surface area (Å²) in [6.45, 7) is 2.96. The van der Waals surface area contributed by atoms with Crippen molar-refractivity contribution in [3.8, 4) is 0 Å². The summed E-state index contributed by atoms with van der Waals surface area (Å²) in [5.41, 5.74) is 2.19. The predicted octanol–water partition coefficient (Wildman–Crippen LogP) is 5.06. The van der Waals surface area contributed by atoms with Crippen LogP contribution in [0.5, 0.6) is 0 Å². The number of aryl methyl sites for hydroxylation is 1. The molecule has 0 aromatic heterocycles. The van der Waals surface area contributed by atoms with Crippen LogP contribution in [0.1, 0.15) is 39.1 Å². The molecule has 0 aliphatic carbocycles. The standard InChI is InChI=1S/C28H27F2N3O3/c1-18-5-4-6-21(15-18)31-28(36)22-7-2-3-8-25(22)32-26(34)17-33-13-11-19(12-14-33)27(35)23-16-20(29)9-10-24(23)30/h2-10,15-16,19H,11-14,17H2,1H3,(H,31,36)(H,32,34). The van der Waals surface area contributed by atoms with Crippen molar-refractivity contribution in [2.24, 2.45) is 5.92 Å². The average molecular weight is 492 g/mol. The Morgan fingerprint density at radius 3 is 2.39 bits per heavy atom. The third-order valence-corrected chi connectivity index (χ3v) is 6.24. The van der Waals surface area contributed by atoms with E-state index in [1.54, 1.807) is 30.3 Å². The van der Waals surface area contributed by atoms with Crippen LogP contribution in [0.3, 0.4) is 0 Å². The Hall–Kier alpha value is -3.91.